The first kappa shape index (κ1) is 11.3. The third kappa shape index (κ3) is 2.47. The first-order valence-corrected chi connectivity index (χ1v) is 5.06. The zero-order valence-corrected chi connectivity index (χ0v) is 9.60. The van der Waals surface area contributed by atoms with Crippen molar-refractivity contribution in [2.24, 2.45) is 0 Å². The molecule has 0 N–H and O–H groups in total. The molecule has 1 aliphatic heterocycles. The Morgan fingerprint density at radius 2 is 2.00 bits per heavy atom. The van der Waals surface area contributed by atoms with Gasteiger partial charge >= 0.3 is 5.97 Å². The minimum Gasteiger partial charge on any atom is -0.497 e. The minimum absolute atomic E-state index is 0.358. The van der Waals surface area contributed by atoms with Crippen LogP contribution in [0.3, 0.4) is 0 Å². The lowest BCUT2D eigenvalue weighted by Crippen LogP contribution is -1.92. The van der Waals surface area contributed by atoms with E-state index in [1.165, 1.54) is 6.08 Å². The molecular weight excluding hydrogens is 220 g/mol. The molecule has 0 radical (unpaired) electrons. The first-order valence-electron chi connectivity index (χ1n) is 5.06. The lowest BCUT2D eigenvalue weighted by molar-refractivity contribution is -0.132. The summed E-state index contributed by atoms with van der Waals surface area (Å²) < 4.78 is 15.3. The molecule has 4 nitrogen and oxygen atoms in total. The Morgan fingerprint density at radius 3 is 2.59 bits per heavy atom. The molecule has 88 valence electrons. The van der Waals surface area contributed by atoms with Crippen LogP contribution in [0.5, 0.6) is 11.5 Å². The highest BCUT2D eigenvalue weighted by atomic mass is 16.5. The van der Waals surface area contributed by atoms with Crippen molar-refractivity contribution in [2.75, 3.05) is 14.2 Å². The average Bonchev–Trinajstić information content (AvgIpc) is 2.75. The number of rotatable bonds is 3. The maximum Gasteiger partial charge on any atom is 0.336 e. The fourth-order valence-electron chi connectivity index (χ4n) is 1.50. The number of esters is 1. The summed E-state index contributed by atoms with van der Waals surface area (Å²) in [6, 6.07) is 5.42. The van der Waals surface area contributed by atoms with E-state index in [2.05, 4.69) is 0 Å². The molecule has 17 heavy (non-hydrogen) atoms. The maximum absolute atomic E-state index is 10.9. The van der Waals surface area contributed by atoms with Crippen LogP contribution >= 0.6 is 0 Å². The summed E-state index contributed by atoms with van der Waals surface area (Å²) in [5, 5.41) is 0. The topological polar surface area (TPSA) is 44.8 Å². The first-order chi connectivity index (χ1) is 8.22. The number of hydrogen-bond donors (Lipinski definition) is 0. The van der Waals surface area contributed by atoms with Crippen molar-refractivity contribution in [3.05, 3.63) is 41.7 Å². The van der Waals surface area contributed by atoms with E-state index in [4.69, 9.17) is 14.2 Å². The third-order valence-corrected chi connectivity index (χ3v) is 2.34. The van der Waals surface area contributed by atoms with Gasteiger partial charge in [0.2, 0.25) is 0 Å². The van der Waals surface area contributed by atoms with E-state index in [9.17, 15) is 4.79 Å². The smallest absolute Gasteiger partial charge is 0.336 e. The van der Waals surface area contributed by atoms with Crippen molar-refractivity contribution in [3.63, 3.8) is 0 Å². The van der Waals surface area contributed by atoms with Crippen molar-refractivity contribution in [3.8, 4) is 11.5 Å². The van der Waals surface area contributed by atoms with Gasteiger partial charge in [-0.05, 0) is 24.3 Å². The molecule has 0 saturated carbocycles. The Kier molecular flexibility index (Phi) is 3.14. The number of allylic oxidation sites excluding steroid dienone is 1. The average molecular weight is 232 g/mol. The molecule has 1 aliphatic rings. The summed E-state index contributed by atoms with van der Waals surface area (Å²) in [4.78, 5) is 10.9. The molecule has 0 fully saturated rings. The van der Waals surface area contributed by atoms with Crippen LogP contribution < -0.4 is 9.47 Å². The summed E-state index contributed by atoms with van der Waals surface area (Å²) in [7, 11) is 3.17. The number of hydrogen-bond acceptors (Lipinski definition) is 4. The van der Waals surface area contributed by atoms with Gasteiger partial charge in [0.05, 0.1) is 14.2 Å². The second-order valence-corrected chi connectivity index (χ2v) is 3.41. The van der Waals surface area contributed by atoms with Crippen LogP contribution in [0.4, 0.5) is 0 Å². The Morgan fingerprint density at radius 1 is 1.18 bits per heavy atom. The number of cyclic esters (lactones) is 1. The molecule has 2 rings (SSSR count). The second-order valence-electron chi connectivity index (χ2n) is 3.41. The van der Waals surface area contributed by atoms with E-state index < -0.39 is 0 Å². The monoisotopic (exact) mass is 232 g/mol. The van der Waals surface area contributed by atoms with Gasteiger partial charge in [0.1, 0.15) is 17.3 Å². The molecule has 0 amide bonds. The molecule has 0 aromatic heterocycles. The van der Waals surface area contributed by atoms with Crippen LogP contribution in [-0.2, 0) is 9.53 Å². The normalized spacial score (nSPS) is 16.1. The van der Waals surface area contributed by atoms with Gasteiger partial charge in [-0.15, -0.1) is 0 Å². The number of carbonyl (C=O) groups excluding carboxylic acids is 1. The molecule has 0 atom stereocenters. The Balaban J connectivity index is 2.33. The lowest BCUT2D eigenvalue weighted by Gasteiger charge is -2.07. The number of benzene rings is 1. The summed E-state index contributed by atoms with van der Waals surface area (Å²) >= 11 is 0. The highest BCUT2D eigenvalue weighted by Gasteiger charge is 2.11. The third-order valence-electron chi connectivity index (χ3n) is 2.34. The molecule has 1 aromatic carbocycles. The van der Waals surface area contributed by atoms with Crippen LogP contribution in [0.2, 0.25) is 0 Å². The van der Waals surface area contributed by atoms with Crippen LogP contribution in [-0.4, -0.2) is 20.2 Å². The highest BCUT2D eigenvalue weighted by molar-refractivity contribution is 5.88. The van der Waals surface area contributed by atoms with Gasteiger partial charge in [-0.25, -0.2) is 4.79 Å². The molecule has 0 bridgehead atoms. The fraction of sp³-hybridized carbons (Fsp3) is 0.154. The molecule has 4 heteroatoms. The maximum atomic E-state index is 10.9. The van der Waals surface area contributed by atoms with Crippen molar-refractivity contribution >= 4 is 12.0 Å². The van der Waals surface area contributed by atoms with Crippen molar-refractivity contribution in [2.45, 2.75) is 0 Å². The van der Waals surface area contributed by atoms with Crippen molar-refractivity contribution in [1.82, 2.24) is 0 Å². The van der Waals surface area contributed by atoms with Gasteiger partial charge in [-0.2, -0.15) is 0 Å². The molecule has 0 aliphatic carbocycles. The summed E-state index contributed by atoms with van der Waals surface area (Å²) in [6.07, 6.45) is 4.73. The van der Waals surface area contributed by atoms with Crippen LogP contribution in [0, 0.1) is 0 Å². The quantitative estimate of drug-likeness (QED) is 0.749. The predicted molar refractivity (Wildman–Crippen MR) is 62.8 cm³/mol. The van der Waals surface area contributed by atoms with Gasteiger partial charge in [-0.1, -0.05) is 0 Å². The summed E-state index contributed by atoms with van der Waals surface area (Å²) in [5.41, 5.74) is 0.822. The fourth-order valence-corrected chi connectivity index (χ4v) is 1.50. The van der Waals surface area contributed by atoms with Crippen LogP contribution in [0.1, 0.15) is 5.56 Å². The van der Waals surface area contributed by atoms with Gasteiger partial charge in [-0.3, -0.25) is 0 Å². The van der Waals surface area contributed by atoms with E-state index in [0.29, 0.717) is 17.3 Å². The molecule has 1 heterocycles. The standard InChI is InChI=1S/C13H12O4/c1-15-10-4-3-9(12(8-10)16-2)7-11-5-6-13(14)17-11/h3-8H,1-2H3/b11-7+. The Labute approximate surface area is 99.1 Å². The van der Waals surface area contributed by atoms with E-state index in [-0.39, 0.29) is 5.97 Å². The highest BCUT2D eigenvalue weighted by Crippen LogP contribution is 2.27. The second kappa shape index (κ2) is 4.74. The van der Waals surface area contributed by atoms with Gasteiger partial charge in [0.25, 0.3) is 0 Å². The van der Waals surface area contributed by atoms with E-state index in [0.717, 1.165) is 5.56 Å². The number of methoxy groups -OCH3 is 2. The van der Waals surface area contributed by atoms with Gasteiger partial charge < -0.3 is 14.2 Å². The molecule has 0 unspecified atom stereocenters. The minimum atomic E-state index is -0.358. The Bertz CT molecular complexity index is 500. The van der Waals surface area contributed by atoms with Crippen molar-refractivity contribution < 1.29 is 19.0 Å². The van der Waals surface area contributed by atoms with Gasteiger partial charge in [0, 0.05) is 17.7 Å². The van der Waals surface area contributed by atoms with Crippen molar-refractivity contribution in [1.29, 1.82) is 0 Å². The molecule has 1 aromatic rings. The zero-order valence-electron chi connectivity index (χ0n) is 9.60. The van der Waals surface area contributed by atoms with Gasteiger partial charge in [0.15, 0.2) is 0 Å². The number of carbonyl (C=O) groups is 1. The summed E-state index contributed by atoms with van der Waals surface area (Å²) in [5.74, 6) is 1.51. The number of ether oxygens (including phenoxy) is 3. The van der Waals surface area contributed by atoms with E-state index in [1.54, 1.807) is 32.4 Å². The molecule has 0 saturated heterocycles. The zero-order chi connectivity index (χ0) is 12.3. The van der Waals surface area contributed by atoms with E-state index in [1.807, 2.05) is 12.1 Å². The van der Waals surface area contributed by atoms with Crippen LogP contribution in [0.15, 0.2) is 36.1 Å². The summed E-state index contributed by atoms with van der Waals surface area (Å²) in [6.45, 7) is 0. The van der Waals surface area contributed by atoms with Crippen LogP contribution in [0.25, 0.3) is 6.08 Å². The molecule has 0 spiro atoms. The van der Waals surface area contributed by atoms with E-state index >= 15 is 0 Å². The Hall–Kier alpha value is -2.23. The SMILES string of the molecule is COc1ccc(/C=C2\C=CC(=O)O2)c(OC)c1. The largest absolute Gasteiger partial charge is 0.497 e. The predicted octanol–water partition coefficient (Wildman–Crippen LogP) is 2.16. The lowest BCUT2D eigenvalue weighted by atomic mass is 10.1. The molecular formula is C13H12O4.